The zero-order valence-corrected chi connectivity index (χ0v) is 14.7. The predicted molar refractivity (Wildman–Crippen MR) is 91.8 cm³/mol. The lowest BCUT2D eigenvalue weighted by molar-refractivity contribution is -0.164. The number of carbonyl (C=O) groups excluding carboxylic acids is 1. The van der Waals surface area contributed by atoms with Crippen LogP contribution < -0.4 is 0 Å². The van der Waals surface area contributed by atoms with Crippen LogP contribution in [-0.2, 0) is 16.1 Å². The van der Waals surface area contributed by atoms with Crippen molar-refractivity contribution in [1.82, 2.24) is 9.80 Å². The van der Waals surface area contributed by atoms with Crippen molar-refractivity contribution in [3.05, 3.63) is 60.1 Å². The number of morpholine rings is 1. The van der Waals surface area contributed by atoms with Crippen LogP contribution >= 0.6 is 0 Å². The minimum absolute atomic E-state index is 0.0938. The lowest BCUT2D eigenvalue weighted by Crippen LogP contribution is -2.47. The lowest BCUT2D eigenvalue weighted by Gasteiger charge is -2.34. The van der Waals surface area contributed by atoms with Crippen LogP contribution in [0.25, 0.3) is 0 Å². The van der Waals surface area contributed by atoms with Gasteiger partial charge in [0.15, 0.2) is 0 Å². The van der Waals surface area contributed by atoms with E-state index < -0.39 is 18.6 Å². The van der Waals surface area contributed by atoms with Gasteiger partial charge in [0, 0.05) is 13.1 Å². The fraction of sp³-hybridized carbons (Fsp3) is 0.421. The Kier molecular flexibility index (Phi) is 6.18. The maximum atomic E-state index is 12.9. The predicted octanol–water partition coefficient (Wildman–Crippen LogP) is 3.24. The molecule has 0 aliphatic carbocycles. The third kappa shape index (κ3) is 5.83. The van der Waals surface area contributed by atoms with Crippen LogP contribution in [0.1, 0.15) is 17.4 Å². The van der Waals surface area contributed by atoms with Crippen molar-refractivity contribution in [3.63, 3.8) is 0 Å². The van der Waals surface area contributed by atoms with Gasteiger partial charge in [-0.25, -0.2) is 0 Å². The molecular formula is C19H21F3N2O3. The first-order valence-corrected chi connectivity index (χ1v) is 8.66. The molecule has 0 spiro atoms. The Morgan fingerprint density at radius 1 is 1.19 bits per heavy atom. The second-order valence-corrected chi connectivity index (χ2v) is 6.45. The molecule has 5 nitrogen and oxygen atoms in total. The summed E-state index contributed by atoms with van der Waals surface area (Å²) in [6.45, 7) is -0.239. The quantitative estimate of drug-likeness (QED) is 0.770. The van der Waals surface area contributed by atoms with Gasteiger partial charge in [0.1, 0.15) is 12.3 Å². The van der Waals surface area contributed by atoms with Crippen LogP contribution in [-0.4, -0.2) is 54.7 Å². The van der Waals surface area contributed by atoms with Gasteiger partial charge >= 0.3 is 6.18 Å². The van der Waals surface area contributed by atoms with Crippen molar-refractivity contribution in [3.8, 4) is 0 Å². The van der Waals surface area contributed by atoms with Crippen LogP contribution in [0, 0.1) is 0 Å². The monoisotopic (exact) mass is 382 g/mol. The molecule has 1 aliphatic heterocycles. The standard InChI is InChI=1S/C19H21F3N2O3/c20-19(21,22)14-24(11-16-7-4-9-26-16)18(25)13-23-8-10-27-17(12-23)15-5-2-1-3-6-15/h1-7,9,17H,8,10-14H2. The Labute approximate surface area is 155 Å². The molecule has 0 radical (unpaired) electrons. The number of alkyl halides is 3. The van der Waals surface area contributed by atoms with Crippen molar-refractivity contribution in [2.75, 3.05) is 32.8 Å². The van der Waals surface area contributed by atoms with Gasteiger partial charge < -0.3 is 14.1 Å². The van der Waals surface area contributed by atoms with Gasteiger partial charge in [0.2, 0.25) is 5.91 Å². The highest BCUT2D eigenvalue weighted by atomic mass is 19.4. The van der Waals surface area contributed by atoms with E-state index in [4.69, 9.17) is 9.15 Å². The highest BCUT2D eigenvalue weighted by Crippen LogP contribution is 2.23. The first-order valence-electron chi connectivity index (χ1n) is 8.66. The fourth-order valence-electron chi connectivity index (χ4n) is 3.05. The van der Waals surface area contributed by atoms with Crippen LogP contribution in [0.2, 0.25) is 0 Å². The summed E-state index contributed by atoms with van der Waals surface area (Å²) >= 11 is 0. The average molecular weight is 382 g/mol. The molecule has 146 valence electrons. The van der Waals surface area contributed by atoms with Gasteiger partial charge in [0.05, 0.1) is 32.1 Å². The summed E-state index contributed by atoms with van der Waals surface area (Å²) in [5.74, 6) is -0.269. The van der Waals surface area contributed by atoms with Crippen LogP contribution in [0.3, 0.4) is 0 Å². The molecule has 2 aromatic rings. The topological polar surface area (TPSA) is 45.9 Å². The van der Waals surface area contributed by atoms with E-state index in [9.17, 15) is 18.0 Å². The second kappa shape index (κ2) is 8.58. The Morgan fingerprint density at radius 2 is 1.96 bits per heavy atom. The van der Waals surface area contributed by atoms with Gasteiger partial charge in [-0.1, -0.05) is 30.3 Å². The second-order valence-electron chi connectivity index (χ2n) is 6.45. The number of nitrogens with zero attached hydrogens (tertiary/aromatic N) is 2. The largest absolute Gasteiger partial charge is 0.467 e. The smallest absolute Gasteiger partial charge is 0.406 e. The highest BCUT2D eigenvalue weighted by molar-refractivity contribution is 5.78. The SMILES string of the molecule is O=C(CN1CCOC(c2ccccc2)C1)N(Cc1ccco1)CC(F)(F)F. The van der Waals surface area contributed by atoms with Crippen LogP contribution in [0.5, 0.6) is 0 Å². The molecule has 1 amide bonds. The molecule has 1 aromatic heterocycles. The van der Waals surface area contributed by atoms with Crippen LogP contribution in [0.15, 0.2) is 53.1 Å². The van der Waals surface area contributed by atoms with Gasteiger partial charge in [0.25, 0.3) is 0 Å². The Hall–Kier alpha value is -2.32. The van der Waals surface area contributed by atoms with Crippen LogP contribution in [0.4, 0.5) is 13.2 Å². The molecule has 1 atom stereocenters. The first kappa shape index (κ1) is 19.4. The fourth-order valence-corrected chi connectivity index (χ4v) is 3.05. The molecule has 1 fully saturated rings. The lowest BCUT2D eigenvalue weighted by atomic mass is 10.1. The summed E-state index contributed by atoms with van der Waals surface area (Å²) < 4.78 is 49.5. The summed E-state index contributed by atoms with van der Waals surface area (Å²) in [7, 11) is 0. The van der Waals surface area contributed by atoms with E-state index in [0.717, 1.165) is 10.5 Å². The maximum absolute atomic E-state index is 12.9. The molecular weight excluding hydrogens is 361 g/mol. The van der Waals surface area contributed by atoms with E-state index >= 15 is 0 Å². The molecule has 1 saturated heterocycles. The van der Waals surface area contributed by atoms with Gasteiger partial charge in [-0.3, -0.25) is 9.69 Å². The number of ether oxygens (including phenoxy) is 1. The molecule has 1 aliphatic rings. The van der Waals surface area contributed by atoms with E-state index in [1.54, 1.807) is 12.1 Å². The zero-order chi connectivity index (χ0) is 19.3. The van der Waals surface area contributed by atoms with Crippen molar-refractivity contribution in [2.24, 2.45) is 0 Å². The van der Waals surface area contributed by atoms with E-state index in [0.29, 0.717) is 25.5 Å². The summed E-state index contributed by atoms with van der Waals surface area (Å²) in [4.78, 5) is 15.2. The van der Waals surface area contributed by atoms with Gasteiger partial charge in [-0.05, 0) is 17.7 Å². The summed E-state index contributed by atoms with van der Waals surface area (Å²) in [5, 5.41) is 0. The zero-order valence-electron chi connectivity index (χ0n) is 14.7. The Bertz CT molecular complexity index is 720. The third-order valence-electron chi connectivity index (χ3n) is 4.33. The summed E-state index contributed by atoms with van der Waals surface area (Å²) in [5.41, 5.74) is 0.984. The number of carbonyl (C=O) groups is 1. The average Bonchev–Trinajstić information content (AvgIpc) is 3.14. The summed E-state index contributed by atoms with van der Waals surface area (Å²) in [6, 6.07) is 12.7. The minimum atomic E-state index is -4.47. The molecule has 27 heavy (non-hydrogen) atoms. The molecule has 0 bridgehead atoms. The molecule has 1 unspecified atom stereocenters. The van der Waals surface area contributed by atoms with Crippen molar-refractivity contribution >= 4 is 5.91 Å². The summed E-state index contributed by atoms with van der Waals surface area (Å²) in [6.07, 6.45) is -3.30. The number of furan rings is 1. The number of benzene rings is 1. The van der Waals surface area contributed by atoms with Crippen molar-refractivity contribution in [1.29, 1.82) is 0 Å². The minimum Gasteiger partial charge on any atom is -0.467 e. The van der Waals surface area contributed by atoms with E-state index in [1.807, 2.05) is 35.2 Å². The maximum Gasteiger partial charge on any atom is 0.406 e. The Morgan fingerprint density at radius 3 is 2.63 bits per heavy atom. The normalized spacial score (nSPS) is 18.4. The van der Waals surface area contributed by atoms with E-state index in [2.05, 4.69) is 0 Å². The number of hydrogen-bond donors (Lipinski definition) is 0. The molecule has 3 rings (SSSR count). The number of amides is 1. The third-order valence-corrected chi connectivity index (χ3v) is 4.33. The molecule has 0 N–H and O–H groups in total. The van der Waals surface area contributed by atoms with E-state index in [1.165, 1.54) is 6.26 Å². The molecule has 0 saturated carbocycles. The first-order chi connectivity index (χ1) is 12.9. The van der Waals surface area contributed by atoms with Gasteiger partial charge in [-0.15, -0.1) is 0 Å². The highest BCUT2D eigenvalue weighted by Gasteiger charge is 2.34. The number of rotatable bonds is 6. The molecule has 2 heterocycles. The van der Waals surface area contributed by atoms with Crippen molar-refractivity contribution < 1.29 is 27.1 Å². The molecule has 8 heteroatoms. The van der Waals surface area contributed by atoms with Crippen molar-refractivity contribution in [2.45, 2.75) is 18.8 Å². The van der Waals surface area contributed by atoms with E-state index in [-0.39, 0.29) is 19.2 Å². The Balaban J connectivity index is 1.63. The number of halogens is 3. The molecule has 1 aromatic carbocycles. The van der Waals surface area contributed by atoms with Gasteiger partial charge in [-0.2, -0.15) is 13.2 Å². The number of hydrogen-bond acceptors (Lipinski definition) is 4.